The molecule has 2 aliphatic heterocycles. The van der Waals surface area contributed by atoms with Crippen LogP contribution in [-0.4, -0.2) is 93.1 Å². The lowest BCUT2D eigenvalue weighted by Crippen LogP contribution is -2.37. The maximum absolute atomic E-state index is 13.6. The summed E-state index contributed by atoms with van der Waals surface area (Å²) < 4.78 is 9.47. The topological polar surface area (TPSA) is 175 Å². The molecule has 0 bridgehead atoms. The molecule has 14 heteroatoms. The van der Waals surface area contributed by atoms with Crippen molar-refractivity contribution in [2.45, 2.75) is 88.4 Å². The van der Waals surface area contributed by atoms with Crippen molar-refractivity contribution in [3.05, 3.63) is 72.6 Å². The van der Waals surface area contributed by atoms with Crippen molar-refractivity contribution in [2.75, 3.05) is 27.3 Å². The largest absolute Gasteiger partial charge is 0.453 e. The number of hydrogen-bond donors (Lipinski definition) is 4. The van der Waals surface area contributed by atoms with Crippen LogP contribution in [0.3, 0.4) is 0 Å². The van der Waals surface area contributed by atoms with Crippen molar-refractivity contribution < 1.29 is 28.7 Å². The Labute approximate surface area is 326 Å². The molecule has 294 valence electrons. The van der Waals surface area contributed by atoms with Crippen LogP contribution >= 0.6 is 0 Å². The molecule has 0 spiro atoms. The fourth-order valence-corrected chi connectivity index (χ4v) is 9.21. The summed E-state index contributed by atoms with van der Waals surface area (Å²) in [6.45, 7) is 1.42. The van der Waals surface area contributed by atoms with E-state index < -0.39 is 12.2 Å². The maximum Gasteiger partial charge on any atom is 0.407 e. The van der Waals surface area contributed by atoms with Crippen LogP contribution in [0, 0.1) is 11.8 Å². The summed E-state index contributed by atoms with van der Waals surface area (Å²) in [5.41, 5.74) is 6.02. The number of hydrogen-bond acceptors (Lipinski definition) is 8. The van der Waals surface area contributed by atoms with Crippen molar-refractivity contribution in [1.82, 2.24) is 40.4 Å². The Morgan fingerprint density at radius 1 is 0.589 bits per heavy atom. The molecule has 4 N–H and O–H groups in total. The maximum atomic E-state index is 13.6. The highest BCUT2D eigenvalue weighted by molar-refractivity contribution is 5.81. The zero-order valence-electron chi connectivity index (χ0n) is 32.0. The molecule has 2 saturated heterocycles. The van der Waals surface area contributed by atoms with Gasteiger partial charge in [0.2, 0.25) is 11.8 Å². The van der Waals surface area contributed by atoms with E-state index in [1.807, 2.05) is 22.2 Å². The van der Waals surface area contributed by atoms with Gasteiger partial charge in [0.15, 0.2) is 0 Å². The Balaban J connectivity index is 0.875. The van der Waals surface area contributed by atoms with Gasteiger partial charge in [-0.1, -0.05) is 48.5 Å². The molecule has 1 unspecified atom stereocenters. The molecule has 4 amide bonds. The van der Waals surface area contributed by atoms with E-state index in [-0.39, 0.29) is 47.8 Å². The third-order valence-corrected chi connectivity index (χ3v) is 12.2. The number of nitrogens with one attached hydrogen (secondary N) is 4. The van der Waals surface area contributed by atoms with E-state index in [1.165, 1.54) is 14.2 Å². The Morgan fingerprint density at radius 2 is 0.982 bits per heavy atom. The van der Waals surface area contributed by atoms with Crippen molar-refractivity contribution >= 4 is 24.0 Å². The molecule has 2 aliphatic carbocycles. The number of H-pyrrole nitrogens is 2. The van der Waals surface area contributed by atoms with Gasteiger partial charge in [0, 0.05) is 37.0 Å². The first-order chi connectivity index (χ1) is 27.3. The first kappa shape index (κ1) is 37.3. The van der Waals surface area contributed by atoms with Crippen LogP contribution in [0.25, 0.3) is 33.6 Å². The number of rotatable bonds is 9. The number of amides is 4. The summed E-state index contributed by atoms with van der Waals surface area (Å²) in [5.74, 6) is 1.67. The van der Waals surface area contributed by atoms with Gasteiger partial charge in [0.25, 0.3) is 0 Å². The van der Waals surface area contributed by atoms with Gasteiger partial charge in [-0.2, -0.15) is 0 Å². The lowest BCUT2D eigenvalue weighted by Gasteiger charge is -2.26. The van der Waals surface area contributed by atoms with Crippen LogP contribution in [0.15, 0.2) is 60.9 Å². The third-order valence-electron chi connectivity index (χ3n) is 12.2. The highest BCUT2D eigenvalue weighted by Crippen LogP contribution is 2.38. The molecule has 2 aromatic heterocycles. The Morgan fingerprint density at radius 3 is 1.38 bits per heavy atom. The molecule has 2 saturated carbocycles. The average Bonchev–Trinajstić information content (AvgIpc) is 4.08. The smallest absolute Gasteiger partial charge is 0.407 e. The van der Waals surface area contributed by atoms with Crippen LogP contribution in [0.2, 0.25) is 0 Å². The fourth-order valence-electron chi connectivity index (χ4n) is 9.21. The predicted octanol–water partition coefficient (Wildman–Crippen LogP) is 6.51. The number of carbonyl (C=O) groups is 4. The van der Waals surface area contributed by atoms with E-state index in [9.17, 15) is 19.2 Å². The van der Waals surface area contributed by atoms with Crippen LogP contribution in [0.5, 0.6) is 0 Å². The number of nitrogens with zero attached hydrogens (tertiary/aromatic N) is 4. The number of aromatic nitrogens is 4. The molecule has 4 fully saturated rings. The lowest BCUT2D eigenvalue weighted by molar-refractivity contribution is -0.137. The van der Waals surface area contributed by atoms with Crippen LogP contribution in [-0.2, 0) is 19.1 Å². The molecule has 0 radical (unpaired) electrons. The second-order valence-electron chi connectivity index (χ2n) is 15.6. The molecule has 2 aromatic carbocycles. The van der Waals surface area contributed by atoms with Gasteiger partial charge < -0.3 is 39.9 Å². The quantitative estimate of drug-likeness (QED) is 0.149. The van der Waals surface area contributed by atoms with Crippen LogP contribution < -0.4 is 10.6 Å². The number of ether oxygens (including phenoxy) is 2. The second kappa shape index (κ2) is 16.2. The van der Waals surface area contributed by atoms with E-state index in [4.69, 9.17) is 19.4 Å². The summed E-state index contributed by atoms with van der Waals surface area (Å²) >= 11 is 0. The molecule has 4 aromatic rings. The highest BCUT2D eigenvalue weighted by atomic mass is 16.5. The summed E-state index contributed by atoms with van der Waals surface area (Å²) in [7, 11) is 2.70. The second-order valence-corrected chi connectivity index (χ2v) is 15.6. The summed E-state index contributed by atoms with van der Waals surface area (Å²) in [5, 5.41) is 5.69. The monoisotopic (exact) mass is 762 g/mol. The van der Waals surface area contributed by atoms with E-state index in [1.54, 1.807) is 0 Å². The molecular formula is C42H50N8O6. The highest BCUT2D eigenvalue weighted by Gasteiger charge is 2.40. The number of imidazole rings is 2. The first-order valence-corrected chi connectivity index (χ1v) is 19.9. The number of aromatic amines is 2. The van der Waals surface area contributed by atoms with Crippen molar-refractivity contribution in [2.24, 2.45) is 11.8 Å². The van der Waals surface area contributed by atoms with E-state index >= 15 is 0 Å². The van der Waals surface area contributed by atoms with Gasteiger partial charge in [0.05, 0.1) is 50.1 Å². The van der Waals surface area contributed by atoms with Gasteiger partial charge in [-0.3, -0.25) is 9.59 Å². The fraction of sp³-hybridized carbons (Fsp3) is 0.476. The Hall–Kier alpha value is -5.66. The molecule has 14 nitrogen and oxygen atoms in total. The van der Waals surface area contributed by atoms with Gasteiger partial charge in [-0.15, -0.1) is 0 Å². The minimum Gasteiger partial charge on any atom is -0.453 e. The van der Waals surface area contributed by atoms with Crippen molar-refractivity contribution in [3.63, 3.8) is 0 Å². The third kappa shape index (κ3) is 7.74. The van der Waals surface area contributed by atoms with E-state index in [0.29, 0.717) is 25.9 Å². The summed E-state index contributed by atoms with van der Waals surface area (Å²) in [4.78, 5) is 70.8. The predicted molar refractivity (Wildman–Crippen MR) is 208 cm³/mol. The lowest BCUT2D eigenvalue weighted by atomic mass is 10.0. The van der Waals surface area contributed by atoms with Crippen molar-refractivity contribution in [3.8, 4) is 33.6 Å². The minimum absolute atomic E-state index is 0.0389. The first-order valence-electron chi connectivity index (χ1n) is 19.9. The molecular weight excluding hydrogens is 713 g/mol. The molecule has 4 aliphatic rings. The van der Waals surface area contributed by atoms with Crippen LogP contribution in [0.4, 0.5) is 9.59 Å². The number of likely N-dealkylation sites (tertiary alicyclic amines) is 2. The number of alkyl carbamates (subject to hydrolysis) is 2. The van der Waals surface area contributed by atoms with Crippen molar-refractivity contribution in [1.29, 1.82) is 0 Å². The molecule has 8 rings (SSSR count). The minimum atomic E-state index is -0.452. The average molecular weight is 763 g/mol. The van der Waals surface area contributed by atoms with Gasteiger partial charge in [0.1, 0.15) is 11.6 Å². The summed E-state index contributed by atoms with van der Waals surface area (Å²) in [6.07, 6.45) is 10.7. The molecule has 56 heavy (non-hydrogen) atoms. The zero-order chi connectivity index (χ0) is 38.8. The van der Waals surface area contributed by atoms with Crippen LogP contribution in [0.1, 0.15) is 87.9 Å². The van der Waals surface area contributed by atoms with Gasteiger partial charge in [-0.25, -0.2) is 19.6 Å². The Kier molecular flexibility index (Phi) is 10.8. The van der Waals surface area contributed by atoms with E-state index in [0.717, 1.165) is 96.7 Å². The van der Waals surface area contributed by atoms with Gasteiger partial charge in [-0.05, 0) is 86.5 Å². The number of carbonyl (C=O) groups excluding carboxylic acids is 4. The molecule has 6 atom stereocenters. The SMILES string of the molecule is COC(=O)N[C@@H]1CCC(C(=O)N2CCC[C@H]2c2ncc(-c3ccc(-c4ccc(-c5cnc([C@@H]6CCCN6C(=O)[C@H]6CC[C@@H](NC(=O)OC)C6)[nH]5)cc4)cc3)[nH]2)C1. The Bertz CT molecular complexity index is 1900. The van der Waals surface area contributed by atoms with Gasteiger partial charge >= 0.3 is 12.2 Å². The number of methoxy groups -OCH3 is 2. The zero-order valence-corrected chi connectivity index (χ0v) is 32.0. The summed E-state index contributed by atoms with van der Waals surface area (Å²) in [6, 6.07) is 16.5. The normalized spacial score (nSPS) is 24.7. The standard InChI is InChI=1S/C42H50N8O6/c1-55-41(53)45-31-17-15-29(21-31)39(51)49-19-3-5-35(49)37-43-23-33(47-37)27-11-7-25(8-12-27)26-9-13-28(14-10-26)34-24-44-38(48-34)36-6-4-20-50(36)40(52)30-16-18-32(22-30)46-42(54)56-2/h7-14,23-24,29-32,35-36H,3-6,15-22H2,1-2H3,(H,43,47)(H,44,48)(H,45,53)(H,46,54)/t29-,30?,31+,32+,35-,36-/m0/s1. The molecule has 4 heterocycles. The van der Waals surface area contributed by atoms with E-state index in [2.05, 4.69) is 69.1 Å². The number of benzene rings is 2.